The molecule has 0 N–H and O–H groups in total. The molecule has 1 amide bonds. The van der Waals surface area contributed by atoms with Gasteiger partial charge in [-0.3, -0.25) is 9.48 Å². The van der Waals surface area contributed by atoms with Gasteiger partial charge < -0.3 is 4.90 Å². The first kappa shape index (κ1) is 17.0. The van der Waals surface area contributed by atoms with Crippen LogP contribution in [0.15, 0.2) is 36.5 Å². The van der Waals surface area contributed by atoms with Crippen molar-refractivity contribution in [1.29, 1.82) is 0 Å². The molecule has 1 saturated heterocycles. The van der Waals surface area contributed by atoms with E-state index in [2.05, 4.69) is 9.47 Å². The van der Waals surface area contributed by atoms with E-state index in [1.165, 1.54) is 22.4 Å². The summed E-state index contributed by atoms with van der Waals surface area (Å²) < 4.78 is 43.7. The standard InChI is InChI=1S/C17H15F3N4OS/c18-17(19,20)14-7-10-24(21-14)11-5-8-23(9-6-11)16(25)15-12-3-1-2-4-13(12)22-26-15/h1-4,7,10-11H,5-6,8-9H2. The number of carbonyl (C=O) groups is 1. The second kappa shape index (κ2) is 6.39. The van der Waals surface area contributed by atoms with Crippen LogP contribution in [-0.2, 0) is 6.18 Å². The number of amides is 1. The summed E-state index contributed by atoms with van der Waals surface area (Å²) in [6.45, 7) is 0.966. The van der Waals surface area contributed by atoms with Gasteiger partial charge in [-0.2, -0.15) is 22.6 Å². The van der Waals surface area contributed by atoms with Crippen LogP contribution < -0.4 is 0 Å². The van der Waals surface area contributed by atoms with Crippen LogP contribution in [0.2, 0.25) is 0 Å². The molecule has 0 bridgehead atoms. The molecule has 0 atom stereocenters. The van der Waals surface area contributed by atoms with Crippen LogP contribution in [0.1, 0.15) is 34.2 Å². The lowest BCUT2D eigenvalue weighted by Gasteiger charge is -2.31. The number of carbonyl (C=O) groups excluding carboxylic acids is 1. The van der Waals surface area contributed by atoms with Crippen molar-refractivity contribution in [3.63, 3.8) is 0 Å². The Morgan fingerprint density at radius 2 is 1.88 bits per heavy atom. The lowest BCUT2D eigenvalue weighted by molar-refractivity contribution is -0.141. The van der Waals surface area contributed by atoms with Crippen LogP contribution >= 0.6 is 11.5 Å². The molecule has 1 fully saturated rings. The number of fused-ring (bicyclic) bond motifs is 1. The van der Waals surface area contributed by atoms with Crippen LogP contribution in [0.4, 0.5) is 13.2 Å². The summed E-state index contributed by atoms with van der Waals surface area (Å²) in [6, 6.07) is 8.34. The van der Waals surface area contributed by atoms with E-state index < -0.39 is 11.9 Å². The van der Waals surface area contributed by atoms with Crippen LogP contribution in [0.5, 0.6) is 0 Å². The molecule has 1 aromatic carbocycles. The molecule has 0 aliphatic carbocycles. The third-order valence-corrected chi connectivity index (χ3v) is 5.47. The van der Waals surface area contributed by atoms with E-state index in [0.29, 0.717) is 30.8 Å². The number of hydrogen-bond donors (Lipinski definition) is 0. The van der Waals surface area contributed by atoms with Crippen molar-refractivity contribution in [3.05, 3.63) is 47.1 Å². The molecule has 0 spiro atoms. The summed E-state index contributed by atoms with van der Waals surface area (Å²) in [5.74, 6) is -0.0707. The van der Waals surface area contributed by atoms with Gasteiger partial charge in [-0.25, -0.2) is 0 Å². The zero-order valence-electron chi connectivity index (χ0n) is 13.6. The van der Waals surface area contributed by atoms with Gasteiger partial charge in [0, 0.05) is 24.7 Å². The Kier molecular flexibility index (Phi) is 4.18. The Bertz CT molecular complexity index is 941. The Morgan fingerprint density at radius 1 is 1.15 bits per heavy atom. The van der Waals surface area contributed by atoms with Crippen molar-refractivity contribution in [2.75, 3.05) is 13.1 Å². The maximum Gasteiger partial charge on any atom is 0.435 e. The molecular weight excluding hydrogens is 365 g/mol. The lowest BCUT2D eigenvalue weighted by atomic mass is 10.0. The molecule has 5 nitrogen and oxygen atoms in total. The number of hydrogen-bond acceptors (Lipinski definition) is 4. The second-order valence-corrected chi connectivity index (χ2v) is 7.00. The molecule has 0 unspecified atom stereocenters. The predicted octanol–water partition coefficient (Wildman–Crippen LogP) is 3.99. The minimum Gasteiger partial charge on any atom is -0.338 e. The fourth-order valence-corrected chi connectivity index (χ4v) is 4.04. The van der Waals surface area contributed by atoms with Gasteiger partial charge in [0.25, 0.3) is 5.91 Å². The third kappa shape index (κ3) is 3.07. The molecule has 3 aromatic rings. The number of benzene rings is 1. The normalized spacial score (nSPS) is 16.3. The van der Waals surface area contributed by atoms with Gasteiger partial charge in [0.15, 0.2) is 5.69 Å². The number of nitrogens with zero attached hydrogens (tertiary/aromatic N) is 4. The van der Waals surface area contributed by atoms with E-state index in [1.807, 2.05) is 24.3 Å². The highest BCUT2D eigenvalue weighted by Crippen LogP contribution is 2.30. The Hall–Kier alpha value is -2.42. The van der Waals surface area contributed by atoms with Crippen molar-refractivity contribution in [1.82, 2.24) is 19.1 Å². The first-order valence-electron chi connectivity index (χ1n) is 8.19. The first-order chi connectivity index (χ1) is 12.4. The van der Waals surface area contributed by atoms with Gasteiger partial charge in [0.05, 0.1) is 11.6 Å². The Balaban J connectivity index is 1.45. The van der Waals surface area contributed by atoms with Crippen LogP contribution in [-0.4, -0.2) is 38.1 Å². The van der Waals surface area contributed by atoms with Gasteiger partial charge in [-0.15, -0.1) is 0 Å². The number of rotatable bonds is 2. The number of aromatic nitrogens is 3. The van der Waals surface area contributed by atoms with E-state index in [0.717, 1.165) is 17.0 Å². The largest absolute Gasteiger partial charge is 0.435 e. The minimum atomic E-state index is -4.44. The lowest BCUT2D eigenvalue weighted by Crippen LogP contribution is -2.39. The molecule has 1 aliphatic heterocycles. The fraction of sp³-hybridized carbons (Fsp3) is 0.353. The topological polar surface area (TPSA) is 51.0 Å². The minimum absolute atomic E-state index is 0.0707. The Labute approximate surface area is 151 Å². The second-order valence-electron chi connectivity index (χ2n) is 6.23. The maximum absolute atomic E-state index is 12.8. The van der Waals surface area contributed by atoms with Crippen LogP contribution in [0, 0.1) is 0 Å². The molecule has 26 heavy (non-hydrogen) atoms. The highest BCUT2D eigenvalue weighted by atomic mass is 32.1. The van der Waals surface area contributed by atoms with E-state index >= 15 is 0 Å². The van der Waals surface area contributed by atoms with Crippen LogP contribution in [0.3, 0.4) is 0 Å². The fourth-order valence-electron chi connectivity index (χ4n) is 3.21. The summed E-state index contributed by atoms with van der Waals surface area (Å²) >= 11 is 1.18. The maximum atomic E-state index is 12.8. The molecule has 2 aromatic heterocycles. The van der Waals surface area contributed by atoms with Crippen molar-refractivity contribution in [3.8, 4) is 0 Å². The van der Waals surface area contributed by atoms with Crippen LogP contribution in [0.25, 0.3) is 10.9 Å². The van der Waals surface area contributed by atoms with Crippen molar-refractivity contribution < 1.29 is 18.0 Å². The van der Waals surface area contributed by atoms with E-state index in [1.54, 1.807) is 4.90 Å². The van der Waals surface area contributed by atoms with Crippen molar-refractivity contribution in [2.45, 2.75) is 25.1 Å². The molecule has 3 heterocycles. The third-order valence-electron chi connectivity index (χ3n) is 4.60. The van der Waals surface area contributed by atoms with Crippen molar-refractivity contribution in [2.24, 2.45) is 0 Å². The van der Waals surface area contributed by atoms with E-state index in [4.69, 9.17) is 0 Å². The zero-order valence-corrected chi connectivity index (χ0v) is 14.4. The van der Waals surface area contributed by atoms with Gasteiger partial charge in [0.2, 0.25) is 0 Å². The summed E-state index contributed by atoms with van der Waals surface area (Å²) in [4.78, 5) is 15.1. The summed E-state index contributed by atoms with van der Waals surface area (Å²) in [5, 5.41) is 4.49. The van der Waals surface area contributed by atoms with Gasteiger partial charge >= 0.3 is 6.18 Å². The highest BCUT2D eigenvalue weighted by molar-refractivity contribution is 7.09. The predicted molar refractivity (Wildman–Crippen MR) is 91.0 cm³/mol. The summed E-state index contributed by atoms with van der Waals surface area (Å²) in [5.41, 5.74) is -0.0842. The summed E-state index contributed by atoms with van der Waals surface area (Å²) in [7, 11) is 0. The Morgan fingerprint density at radius 3 is 2.58 bits per heavy atom. The number of alkyl halides is 3. The number of likely N-dealkylation sites (tertiary alicyclic amines) is 1. The average Bonchev–Trinajstić information content (AvgIpc) is 3.28. The smallest absolute Gasteiger partial charge is 0.338 e. The molecular formula is C17H15F3N4OS. The molecule has 4 rings (SSSR count). The molecule has 0 saturated carbocycles. The monoisotopic (exact) mass is 380 g/mol. The first-order valence-corrected chi connectivity index (χ1v) is 8.97. The number of halogens is 3. The molecule has 0 radical (unpaired) electrons. The SMILES string of the molecule is O=C(c1snc2ccccc12)N1CCC(n2ccc(C(F)(F)F)n2)CC1. The number of piperidine rings is 1. The van der Waals surface area contributed by atoms with Gasteiger partial charge in [-0.05, 0) is 36.5 Å². The summed E-state index contributed by atoms with van der Waals surface area (Å²) in [6.07, 6.45) is -1.93. The van der Waals surface area contributed by atoms with Gasteiger partial charge in [-0.1, -0.05) is 18.2 Å². The van der Waals surface area contributed by atoms with Crippen molar-refractivity contribution >= 4 is 28.3 Å². The molecule has 9 heteroatoms. The van der Waals surface area contributed by atoms with E-state index in [9.17, 15) is 18.0 Å². The molecule has 1 aliphatic rings. The average molecular weight is 380 g/mol. The molecule has 136 valence electrons. The quantitative estimate of drug-likeness (QED) is 0.676. The highest BCUT2D eigenvalue weighted by Gasteiger charge is 2.35. The van der Waals surface area contributed by atoms with E-state index in [-0.39, 0.29) is 11.9 Å². The zero-order chi connectivity index (χ0) is 18.3. The van der Waals surface area contributed by atoms with Gasteiger partial charge in [0.1, 0.15) is 4.88 Å².